The maximum Gasteiger partial charge on any atom is 0.231 e. The van der Waals surface area contributed by atoms with Gasteiger partial charge in [-0.05, 0) is 67.6 Å². The second kappa shape index (κ2) is 7.72. The zero-order valence-corrected chi connectivity index (χ0v) is 16.5. The number of benzene rings is 2. The van der Waals surface area contributed by atoms with Gasteiger partial charge in [0.15, 0.2) is 17.5 Å². The summed E-state index contributed by atoms with van der Waals surface area (Å²) in [5.41, 5.74) is 10.6. The summed E-state index contributed by atoms with van der Waals surface area (Å²) in [5.74, 6) is 2.02. The molecular weight excluding hydrogens is 354 g/mol. The molecule has 28 heavy (non-hydrogen) atoms. The number of hydrogen-bond donors (Lipinski definition) is 2. The zero-order chi connectivity index (χ0) is 19.6. The number of nitrogens with zero attached hydrogens (tertiary/aromatic N) is 1. The second-order valence-electron chi connectivity index (χ2n) is 7.66. The molecule has 2 heterocycles. The average molecular weight is 381 g/mol. The standard InChI is InChI=1S/C22H27N3O3/c1-15-9-16(2)11-18(10-15)25-21(23)24-13-22(5-7-26-8-6-22)17-3-4-19-20(12-17)28-14-27-19/h3-4,9-12H,5-8,13-14H2,1-2H3,(H3,23,24,25). The maximum atomic E-state index is 6.21. The molecule has 0 bridgehead atoms. The van der Waals surface area contributed by atoms with Crippen LogP contribution in [-0.4, -0.2) is 32.5 Å². The van der Waals surface area contributed by atoms with E-state index in [-0.39, 0.29) is 12.2 Å². The summed E-state index contributed by atoms with van der Waals surface area (Å²) in [5, 5.41) is 3.23. The van der Waals surface area contributed by atoms with Crippen molar-refractivity contribution in [3.63, 3.8) is 0 Å². The van der Waals surface area contributed by atoms with Gasteiger partial charge in [-0.3, -0.25) is 4.99 Å². The van der Waals surface area contributed by atoms with Crippen molar-refractivity contribution in [1.29, 1.82) is 0 Å². The van der Waals surface area contributed by atoms with Crippen LogP contribution in [0.1, 0.15) is 29.5 Å². The predicted octanol–water partition coefficient (Wildman–Crippen LogP) is 3.51. The summed E-state index contributed by atoms with van der Waals surface area (Å²) in [6.07, 6.45) is 1.79. The number of aryl methyl sites for hydroxylation is 2. The summed E-state index contributed by atoms with van der Waals surface area (Å²) in [6.45, 7) is 6.45. The van der Waals surface area contributed by atoms with Crippen LogP contribution in [0.4, 0.5) is 5.69 Å². The molecular formula is C22H27N3O3. The molecule has 6 nitrogen and oxygen atoms in total. The first-order chi connectivity index (χ1) is 13.5. The number of nitrogens with one attached hydrogen (secondary N) is 1. The molecule has 0 saturated carbocycles. The van der Waals surface area contributed by atoms with Crippen molar-refractivity contribution in [2.45, 2.75) is 32.1 Å². The number of hydrogen-bond acceptors (Lipinski definition) is 4. The van der Waals surface area contributed by atoms with Crippen LogP contribution in [0.25, 0.3) is 0 Å². The molecule has 4 rings (SSSR count). The van der Waals surface area contributed by atoms with Crippen molar-refractivity contribution in [3.8, 4) is 11.5 Å². The SMILES string of the molecule is Cc1cc(C)cc(NC(N)=NCC2(c3ccc4c(c3)OCO4)CCOCC2)c1. The Balaban J connectivity index is 1.55. The van der Waals surface area contributed by atoms with Crippen LogP contribution in [-0.2, 0) is 10.2 Å². The Morgan fingerprint density at radius 3 is 2.50 bits per heavy atom. The van der Waals surface area contributed by atoms with E-state index in [4.69, 9.17) is 24.9 Å². The quantitative estimate of drug-likeness (QED) is 0.626. The topological polar surface area (TPSA) is 78.1 Å². The average Bonchev–Trinajstić information content (AvgIpc) is 3.14. The van der Waals surface area contributed by atoms with E-state index < -0.39 is 0 Å². The van der Waals surface area contributed by atoms with Crippen molar-refractivity contribution in [3.05, 3.63) is 53.1 Å². The number of rotatable bonds is 4. The van der Waals surface area contributed by atoms with E-state index in [1.807, 2.05) is 6.07 Å². The van der Waals surface area contributed by atoms with E-state index in [0.29, 0.717) is 25.7 Å². The minimum Gasteiger partial charge on any atom is -0.454 e. The second-order valence-corrected chi connectivity index (χ2v) is 7.66. The highest BCUT2D eigenvalue weighted by atomic mass is 16.7. The van der Waals surface area contributed by atoms with Crippen molar-refractivity contribution >= 4 is 11.6 Å². The molecule has 0 amide bonds. The van der Waals surface area contributed by atoms with Crippen LogP contribution >= 0.6 is 0 Å². The number of guanidine groups is 1. The molecule has 148 valence electrons. The fourth-order valence-electron chi connectivity index (χ4n) is 4.00. The van der Waals surface area contributed by atoms with Crippen LogP contribution in [0.15, 0.2) is 41.4 Å². The van der Waals surface area contributed by atoms with E-state index in [1.165, 1.54) is 16.7 Å². The van der Waals surface area contributed by atoms with Gasteiger partial charge in [-0.25, -0.2) is 0 Å². The van der Waals surface area contributed by atoms with Gasteiger partial charge in [0.05, 0.1) is 6.54 Å². The lowest BCUT2D eigenvalue weighted by molar-refractivity contribution is 0.0531. The van der Waals surface area contributed by atoms with E-state index in [9.17, 15) is 0 Å². The van der Waals surface area contributed by atoms with Gasteiger partial charge in [0.2, 0.25) is 6.79 Å². The lowest BCUT2D eigenvalue weighted by atomic mass is 9.74. The molecule has 0 aliphatic carbocycles. The third-order valence-electron chi connectivity index (χ3n) is 5.48. The molecule has 0 spiro atoms. The van der Waals surface area contributed by atoms with Crippen LogP contribution in [0.2, 0.25) is 0 Å². The molecule has 6 heteroatoms. The Bertz CT molecular complexity index is 868. The molecule has 2 aromatic carbocycles. The Hall–Kier alpha value is -2.73. The molecule has 3 N–H and O–H groups in total. The third-order valence-corrected chi connectivity index (χ3v) is 5.48. The van der Waals surface area contributed by atoms with Gasteiger partial charge < -0.3 is 25.3 Å². The predicted molar refractivity (Wildman–Crippen MR) is 110 cm³/mol. The van der Waals surface area contributed by atoms with Crippen molar-refractivity contribution in [1.82, 2.24) is 0 Å². The minimum absolute atomic E-state index is 0.117. The Morgan fingerprint density at radius 2 is 1.75 bits per heavy atom. The van der Waals surface area contributed by atoms with Gasteiger partial charge in [0.1, 0.15) is 0 Å². The van der Waals surface area contributed by atoms with Gasteiger partial charge in [-0.1, -0.05) is 12.1 Å². The third kappa shape index (κ3) is 3.92. The first-order valence-electron chi connectivity index (χ1n) is 9.67. The van der Waals surface area contributed by atoms with Crippen LogP contribution in [0.5, 0.6) is 11.5 Å². The van der Waals surface area contributed by atoms with Crippen molar-refractivity contribution < 1.29 is 14.2 Å². The molecule has 0 radical (unpaired) electrons. The van der Waals surface area contributed by atoms with Gasteiger partial charge >= 0.3 is 0 Å². The minimum atomic E-state index is -0.117. The summed E-state index contributed by atoms with van der Waals surface area (Å²) < 4.78 is 16.6. The maximum absolute atomic E-state index is 6.21. The van der Waals surface area contributed by atoms with E-state index in [1.54, 1.807) is 0 Å². The number of fused-ring (bicyclic) bond motifs is 1. The fraction of sp³-hybridized carbons (Fsp3) is 0.409. The van der Waals surface area contributed by atoms with Gasteiger partial charge in [-0.15, -0.1) is 0 Å². The smallest absolute Gasteiger partial charge is 0.231 e. The summed E-state index contributed by atoms with van der Waals surface area (Å²) >= 11 is 0. The highest BCUT2D eigenvalue weighted by molar-refractivity contribution is 5.92. The number of ether oxygens (including phenoxy) is 3. The first kappa shape index (κ1) is 18.6. The first-order valence-corrected chi connectivity index (χ1v) is 9.67. The lowest BCUT2D eigenvalue weighted by Crippen LogP contribution is -2.38. The van der Waals surface area contributed by atoms with E-state index >= 15 is 0 Å². The van der Waals surface area contributed by atoms with E-state index in [0.717, 1.165) is 30.0 Å². The molecule has 0 unspecified atom stereocenters. The van der Waals surface area contributed by atoms with Gasteiger partial charge in [-0.2, -0.15) is 0 Å². The number of nitrogens with two attached hydrogens (primary N) is 1. The molecule has 0 atom stereocenters. The van der Waals surface area contributed by atoms with Gasteiger partial charge in [0, 0.05) is 24.3 Å². The number of anilines is 1. The molecule has 0 aromatic heterocycles. The summed E-state index contributed by atoms with van der Waals surface area (Å²) in [7, 11) is 0. The number of aliphatic imine (C=N–C) groups is 1. The molecule has 2 aromatic rings. The molecule has 1 saturated heterocycles. The van der Waals surface area contributed by atoms with Crippen molar-refractivity contribution in [2.24, 2.45) is 10.7 Å². The Kier molecular flexibility index (Phi) is 5.13. The molecule has 2 aliphatic rings. The van der Waals surface area contributed by atoms with Crippen LogP contribution in [0.3, 0.4) is 0 Å². The highest BCUT2D eigenvalue weighted by Crippen LogP contribution is 2.41. The Morgan fingerprint density at radius 1 is 1.04 bits per heavy atom. The normalized spacial score (nSPS) is 18.1. The van der Waals surface area contributed by atoms with E-state index in [2.05, 4.69) is 49.5 Å². The molecule has 1 fully saturated rings. The largest absolute Gasteiger partial charge is 0.454 e. The highest BCUT2D eigenvalue weighted by Gasteiger charge is 2.35. The Labute approximate surface area is 165 Å². The zero-order valence-electron chi connectivity index (χ0n) is 16.5. The fourth-order valence-corrected chi connectivity index (χ4v) is 4.00. The van der Waals surface area contributed by atoms with Crippen molar-refractivity contribution in [2.75, 3.05) is 31.9 Å². The summed E-state index contributed by atoms with van der Waals surface area (Å²) in [6, 6.07) is 12.4. The lowest BCUT2D eigenvalue weighted by Gasteiger charge is -2.36. The molecule has 2 aliphatic heterocycles. The summed E-state index contributed by atoms with van der Waals surface area (Å²) in [4.78, 5) is 4.70. The van der Waals surface area contributed by atoms with Crippen LogP contribution in [0, 0.1) is 13.8 Å². The van der Waals surface area contributed by atoms with Crippen LogP contribution < -0.4 is 20.5 Å². The monoisotopic (exact) mass is 381 g/mol. The van der Waals surface area contributed by atoms with Gasteiger partial charge in [0.25, 0.3) is 0 Å².